The molecule has 0 radical (unpaired) electrons. The van der Waals surface area contributed by atoms with E-state index in [1.807, 2.05) is 0 Å². The molecule has 2 heterocycles. The first-order chi connectivity index (χ1) is 16.1. The van der Waals surface area contributed by atoms with E-state index in [9.17, 15) is 30.0 Å². The maximum atomic E-state index is 12.6. The van der Waals surface area contributed by atoms with Crippen molar-refractivity contribution in [3.8, 4) is 11.5 Å². The number of aliphatic hydroxyl groups is 4. The fourth-order valence-electron chi connectivity index (χ4n) is 4.10. The Hall–Kier alpha value is -2.70. The molecule has 2 aliphatic heterocycles. The minimum atomic E-state index is -1.68. The summed E-state index contributed by atoms with van der Waals surface area (Å²) in [6, 6.07) is 0. The average Bonchev–Trinajstić information content (AvgIpc) is 3.20. The van der Waals surface area contributed by atoms with Gasteiger partial charge >= 0.3 is 11.9 Å². The van der Waals surface area contributed by atoms with Crippen molar-refractivity contribution in [1.82, 2.24) is 0 Å². The lowest BCUT2D eigenvalue weighted by Gasteiger charge is -2.40. The molecular weight excluding hydrogens is 452 g/mol. The number of rotatable bonds is 9. The van der Waals surface area contributed by atoms with Crippen LogP contribution < -0.4 is 9.47 Å². The Balaban J connectivity index is 2.06. The molecule has 11 heteroatoms. The number of benzene rings is 1. The van der Waals surface area contributed by atoms with E-state index in [4.69, 9.17) is 24.1 Å². The molecule has 11 nitrogen and oxygen atoms in total. The van der Waals surface area contributed by atoms with E-state index in [0.29, 0.717) is 28.9 Å². The number of methoxy groups -OCH3 is 1. The van der Waals surface area contributed by atoms with Gasteiger partial charge in [-0.2, -0.15) is 0 Å². The summed E-state index contributed by atoms with van der Waals surface area (Å²) in [6.07, 6.45) is -5.36. The number of carboxylic acid groups (broad SMARTS) is 1. The Bertz CT molecular complexity index is 968. The van der Waals surface area contributed by atoms with Crippen molar-refractivity contribution in [3.05, 3.63) is 33.9 Å². The monoisotopic (exact) mass is 482 g/mol. The Morgan fingerprint density at radius 3 is 2.47 bits per heavy atom. The third kappa shape index (κ3) is 5.03. The van der Waals surface area contributed by atoms with Crippen LogP contribution in [0.4, 0.5) is 0 Å². The molecule has 5 unspecified atom stereocenters. The smallest absolute Gasteiger partial charge is 0.342 e. The fourth-order valence-corrected chi connectivity index (χ4v) is 4.10. The van der Waals surface area contributed by atoms with Gasteiger partial charge in [0.25, 0.3) is 0 Å². The van der Waals surface area contributed by atoms with Gasteiger partial charge in [-0.15, -0.1) is 0 Å². The zero-order valence-corrected chi connectivity index (χ0v) is 19.2. The van der Waals surface area contributed by atoms with E-state index in [1.165, 1.54) is 7.11 Å². The van der Waals surface area contributed by atoms with E-state index in [2.05, 4.69) is 0 Å². The van der Waals surface area contributed by atoms with Gasteiger partial charge in [0.1, 0.15) is 48.1 Å². The Labute approximate surface area is 196 Å². The van der Waals surface area contributed by atoms with Crippen molar-refractivity contribution >= 4 is 11.9 Å². The molecule has 1 saturated heterocycles. The molecule has 0 spiro atoms. The quantitative estimate of drug-likeness (QED) is 0.240. The maximum absolute atomic E-state index is 12.6. The lowest BCUT2D eigenvalue weighted by Crippen LogP contribution is -2.60. The summed E-state index contributed by atoms with van der Waals surface area (Å²) in [5.41, 5.74) is 2.56. The molecule has 0 aliphatic carbocycles. The lowest BCUT2D eigenvalue weighted by molar-refractivity contribution is -0.277. The van der Waals surface area contributed by atoms with Gasteiger partial charge in [-0.3, -0.25) is 4.79 Å². The van der Waals surface area contributed by atoms with Gasteiger partial charge in [-0.05, 0) is 32.3 Å². The van der Waals surface area contributed by atoms with Crippen LogP contribution in [-0.4, -0.2) is 81.9 Å². The van der Waals surface area contributed by atoms with E-state index < -0.39 is 49.3 Å². The number of hydrogen-bond donors (Lipinski definition) is 5. The largest absolute Gasteiger partial charge is 0.496 e. The summed E-state index contributed by atoms with van der Waals surface area (Å²) in [5, 5.41) is 49.0. The minimum Gasteiger partial charge on any atom is -0.496 e. The van der Waals surface area contributed by atoms with Crippen LogP contribution in [0.1, 0.15) is 46.8 Å². The van der Waals surface area contributed by atoms with Crippen molar-refractivity contribution in [2.45, 2.75) is 70.4 Å². The minimum absolute atomic E-state index is 0.00480. The number of aliphatic hydroxyl groups excluding tert-OH is 4. The number of carbonyl (C=O) groups is 2. The van der Waals surface area contributed by atoms with Crippen molar-refractivity contribution in [2.75, 3.05) is 13.7 Å². The zero-order chi connectivity index (χ0) is 25.2. The van der Waals surface area contributed by atoms with E-state index in [0.717, 1.165) is 5.57 Å². The summed E-state index contributed by atoms with van der Waals surface area (Å²) in [4.78, 5) is 23.5. The molecule has 34 heavy (non-hydrogen) atoms. The summed E-state index contributed by atoms with van der Waals surface area (Å²) in [6.45, 7) is 2.90. The molecule has 0 aromatic heterocycles. The van der Waals surface area contributed by atoms with Gasteiger partial charge in [0.2, 0.25) is 6.29 Å². The van der Waals surface area contributed by atoms with Crippen LogP contribution in [0.15, 0.2) is 11.6 Å². The first kappa shape index (κ1) is 25.9. The molecule has 5 N–H and O–H groups in total. The third-order valence-corrected chi connectivity index (χ3v) is 6.10. The van der Waals surface area contributed by atoms with Crippen molar-refractivity contribution < 1.29 is 54.1 Å². The molecule has 0 amide bonds. The SMILES string of the molecule is COc1c(C)c2c(c(OC3OC(CO)C(O)C(O)C3O)c1CC=C(C)CCC(=O)O)C(=O)OC2. The fraction of sp³-hybridized carbons (Fsp3) is 0.565. The van der Waals surface area contributed by atoms with Crippen LogP contribution in [0.3, 0.4) is 0 Å². The summed E-state index contributed by atoms with van der Waals surface area (Å²) in [5.74, 6) is -1.13. The number of esters is 1. The molecule has 3 rings (SSSR count). The van der Waals surface area contributed by atoms with Gasteiger partial charge < -0.3 is 44.5 Å². The molecule has 1 aromatic carbocycles. The van der Waals surface area contributed by atoms with Gasteiger partial charge in [-0.25, -0.2) is 4.79 Å². The van der Waals surface area contributed by atoms with E-state index in [-0.39, 0.29) is 30.8 Å². The van der Waals surface area contributed by atoms with Crippen LogP contribution in [-0.2, 0) is 27.3 Å². The van der Waals surface area contributed by atoms with Crippen LogP contribution in [0.25, 0.3) is 0 Å². The number of carbonyl (C=O) groups excluding carboxylic acids is 1. The summed E-state index contributed by atoms with van der Waals surface area (Å²) >= 11 is 0. The predicted octanol–water partition coefficient (Wildman–Crippen LogP) is 0.206. The van der Waals surface area contributed by atoms with Gasteiger partial charge in [0.05, 0.1) is 13.7 Å². The molecular formula is C23H30O11. The van der Waals surface area contributed by atoms with Crippen molar-refractivity contribution in [2.24, 2.45) is 0 Å². The van der Waals surface area contributed by atoms with Gasteiger partial charge in [0, 0.05) is 17.5 Å². The number of ether oxygens (including phenoxy) is 4. The van der Waals surface area contributed by atoms with Crippen LogP contribution in [0.5, 0.6) is 11.5 Å². The second kappa shape index (κ2) is 10.7. The Morgan fingerprint density at radius 2 is 1.85 bits per heavy atom. The molecule has 2 aliphatic rings. The Morgan fingerprint density at radius 1 is 1.15 bits per heavy atom. The lowest BCUT2D eigenvalue weighted by atomic mass is 9.94. The highest BCUT2D eigenvalue weighted by molar-refractivity contribution is 5.98. The number of allylic oxidation sites excluding steroid dienone is 2. The van der Waals surface area contributed by atoms with Crippen molar-refractivity contribution in [1.29, 1.82) is 0 Å². The second-order valence-corrected chi connectivity index (χ2v) is 8.36. The second-order valence-electron chi connectivity index (χ2n) is 8.36. The molecule has 1 aromatic rings. The standard InChI is InChI=1S/C23H30O11/c1-10(5-7-15(25)26)4-6-12-20(31-3)11(2)13-9-32-22(30)16(13)21(12)34-23-19(29)18(28)17(27)14(8-24)33-23/h4,14,17-19,23-24,27-29H,5-9H2,1-3H3,(H,25,26). The molecule has 0 bridgehead atoms. The first-order valence-corrected chi connectivity index (χ1v) is 10.8. The highest BCUT2D eigenvalue weighted by Gasteiger charge is 2.46. The van der Waals surface area contributed by atoms with Crippen molar-refractivity contribution in [3.63, 3.8) is 0 Å². The van der Waals surface area contributed by atoms with Crippen LogP contribution in [0.2, 0.25) is 0 Å². The van der Waals surface area contributed by atoms with E-state index >= 15 is 0 Å². The first-order valence-electron chi connectivity index (χ1n) is 10.8. The third-order valence-electron chi connectivity index (χ3n) is 6.10. The predicted molar refractivity (Wildman–Crippen MR) is 116 cm³/mol. The Kier molecular flexibility index (Phi) is 8.16. The number of aliphatic carboxylic acids is 1. The summed E-state index contributed by atoms with van der Waals surface area (Å²) < 4.78 is 22.2. The molecule has 1 fully saturated rings. The number of fused-ring (bicyclic) bond motifs is 1. The van der Waals surface area contributed by atoms with E-state index in [1.54, 1.807) is 19.9 Å². The maximum Gasteiger partial charge on any atom is 0.342 e. The molecule has 188 valence electrons. The average molecular weight is 482 g/mol. The zero-order valence-electron chi connectivity index (χ0n) is 19.2. The van der Waals surface area contributed by atoms with Gasteiger partial charge in [0.15, 0.2) is 0 Å². The molecule has 0 saturated carbocycles. The number of hydrogen-bond acceptors (Lipinski definition) is 10. The highest BCUT2D eigenvalue weighted by Crippen LogP contribution is 2.44. The van der Waals surface area contributed by atoms with Crippen LogP contribution >= 0.6 is 0 Å². The normalized spacial score (nSPS) is 26.7. The number of cyclic esters (lactones) is 1. The highest BCUT2D eigenvalue weighted by atomic mass is 16.7. The molecule has 5 atom stereocenters. The van der Waals surface area contributed by atoms with Crippen LogP contribution in [0, 0.1) is 6.92 Å². The topological polar surface area (TPSA) is 172 Å². The van der Waals surface area contributed by atoms with Gasteiger partial charge in [-0.1, -0.05) is 11.6 Å². The number of carboxylic acids is 1. The summed E-state index contributed by atoms with van der Waals surface area (Å²) in [7, 11) is 1.45.